The van der Waals surface area contributed by atoms with Crippen molar-refractivity contribution in [2.24, 2.45) is 0 Å². The zero-order valence-electron chi connectivity index (χ0n) is 10.8. The fraction of sp³-hybridized carbons (Fsp3) is 0.188. The second-order valence-electron chi connectivity index (χ2n) is 4.73. The van der Waals surface area contributed by atoms with Gasteiger partial charge in [-0.2, -0.15) is 0 Å². The lowest BCUT2D eigenvalue weighted by atomic mass is 9.98. The van der Waals surface area contributed by atoms with E-state index in [9.17, 15) is 4.79 Å². The fourth-order valence-corrected chi connectivity index (χ4v) is 2.79. The molecule has 2 aromatic carbocycles. The van der Waals surface area contributed by atoms with Crippen molar-refractivity contribution in [2.75, 3.05) is 0 Å². The molecule has 0 saturated heterocycles. The maximum atomic E-state index is 12.5. The molecule has 2 aromatic rings. The Morgan fingerprint density at radius 2 is 1.74 bits per heavy atom. The molecule has 0 aliphatic carbocycles. The number of ketones is 1. The van der Waals surface area contributed by atoms with Crippen molar-refractivity contribution in [2.45, 2.75) is 19.8 Å². The SMILES string of the molecule is CC(C)c1ccc(C(=O)c2cc(Br)ccc2I)cc1. The molecule has 0 fully saturated rings. The Kier molecular flexibility index (Phi) is 4.79. The topological polar surface area (TPSA) is 17.1 Å². The van der Waals surface area contributed by atoms with E-state index < -0.39 is 0 Å². The molecule has 0 atom stereocenters. The summed E-state index contributed by atoms with van der Waals surface area (Å²) in [6, 6.07) is 13.6. The molecule has 0 spiro atoms. The third kappa shape index (κ3) is 3.45. The summed E-state index contributed by atoms with van der Waals surface area (Å²) in [5.74, 6) is 0.552. The lowest BCUT2D eigenvalue weighted by Gasteiger charge is -2.08. The highest BCUT2D eigenvalue weighted by molar-refractivity contribution is 14.1. The van der Waals surface area contributed by atoms with Crippen LogP contribution in [0.5, 0.6) is 0 Å². The number of halogens is 2. The van der Waals surface area contributed by atoms with Gasteiger partial charge in [-0.15, -0.1) is 0 Å². The molecule has 0 aliphatic rings. The third-order valence-corrected chi connectivity index (χ3v) is 4.45. The van der Waals surface area contributed by atoms with Crippen LogP contribution in [0.4, 0.5) is 0 Å². The van der Waals surface area contributed by atoms with E-state index in [2.05, 4.69) is 52.4 Å². The van der Waals surface area contributed by atoms with Crippen molar-refractivity contribution >= 4 is 44.3 Å². The quantitative estimate of drug-likeness (QED) is 0.472. The molecule has 0 unspecified atom stereocenters. The van der Waals surface area contributed by atoms with Crippen molar-refractivity contribution < 1.29 is 4.79 Å². The lowest BCUT2D eigenvalue weighted by Crippen LogP contribution is -2.04. The Hall–Kier alpha value is -0.680. The van der Waals surface area contributed by atoms with Gasteiger partial charge in [0.25, 0.3) is 0 Å². The average Bonchev–Trinajstić information content (AvgIpc) is 2.41. The van der Waals surface area contributed by atoms with Crippen molar-refractivity contribution in [3.05, 3.63) is 67.2 Å². The Morgan fingerprint density at radius 3 is 2.32 bits per heavy atom. The fourth-order valence-electron chi connectivity index (χ4n) is 1.85. The van der Waals surface area contributed by atoms with Crippen LogP contribution in [0.2, 0.25) is 0 Å². The van der Waals surface area contributed by atoms with Gasteiger partial charge >= 0.3 is 0 Å². The molecule has 3 heteroatoms. The largest absolute Gasteiger partial charge is 0.289 e. The number of benzene rings is 2. The Labute approximate surface area is 135 Å². The maximum Gasteiger partial charge on any atom is 0.194 e. The maximum absolute atomic E-state index is 12.5. The molecule has 0 heterocycles. The first kappa shape index (κ1) is 14.7. The normalized spacial score (nSPS) is 10.8. The second-order valence-corrected chi connectivity index (χ2v) is 6.81. The summed E-state index contributed by atoms with van der Waals surface area (Å²) >= 11 is 5.61. The highest BCUT2D eigenvalue weighted by Gasteiger charge is 2.13. The molecular weight excluding hydrogens is 415 g/mol. The summed E-state index contributed by atoms with van der Waals surface area (Å²) in [5.41, 5.74) is 2.73. The van der Waals surface area contributed by atoms with Gasteiger partial charge in [0.15, 0.2) is 5.78 Å². The van der Waals surface area contributed by atoms with Crippen LogP contribution in [0.25, 0.3) is 0 Å². The molecule has 19 heavy (non-hydrogen) atoms. The minimum absolute atomic E-state index is 0.0704. The van der Waals surface area contributed by atoms with Gasteiger partial charge in [-0.05, 0) is 52.3 Å². The van der Waals surface area contributed by atoms with Crippen LogP contribution in [-0.2, 0) is 0 Å². The first-order valence-electron chi connectivity index (χ1n) is 6.08. The van der Waals surface area contributed by atoms with Gasteiger partial charge in [-0.1, -0.05) is 54.0 Å². The summed E-state index contributed by atoms with van der Waals surface area (Å²) in [5, 5.41) is 0. The predicted molar refractivity (Wildman–Crippen MR) is 90.8 cm³/mol. The molecule has 0 aromatic heterocycles. The van der Waals surface area contributed by atoms with Gasteiger partial charge in [0.2, 0.25) is 0 Å². The standard InChI is InChI=1S/C16H14BrIO/c1-10(2)11-3-5-12(6-4-11)16(19)14-9-13(17)7-8-15(14)18/h3-10H,1-2H3. The van der Waals surface area contributed by atoms with E-state index in [1.165, 1.54) is 5.56 Å². The Morgan fingerprint density at radius 1 is 1.11 bits per heavy atom. The van der Waals surface area contributed by atoms with Gasteiger partial charge in [-0.3, -0.25) is 4.79 Å². The average molecular weight is 429 g/mol. The van der Waals surface area contributed by atoms with E-state index in [1.807, 2.05) is 42.5 Å². The number of hydrogen-bond acceptors (Lipinski definition) is 1. The summed E-state index contributed by atoms with van der Waals surface area (Å²) in [6.07, 6.45) is 0. The molecular formula is C16H14BrIO. The van der Waals surface area contributed by atoms with E-state index in [4.69, 9.17) is 0 Å². The molecule has 98 valence electrons. The lowest BCUT2D eigenvalue weighted by molar-refractivity contribution is 0.103. The highest BCUT2D eigenvalue weighted by atomic mass is 127. The van der Waals surface area contributed by atoms with E-state index in [0.29, 0.717) is 5.92 Å². The highest BCUT2D eigenvalue weighted by Crippen LogP contribution is 2.22. The van der Waals surface area contributed by atoms with Gasteiger partial charge in [0.05, 0.1) is 0 Å². The van der Waals surface area contributed by atoms with Crippen molar-refractivity contribution in [3.8, 4) is 0 Å². The molecule has 0 bridgehead atoms. The second kappa shape index (κ2) is 6.18. The van der Waals surface area contributed by atoms with E-state index >= 15 is 0 Å². The van der Waals surface area contributed by atoms with Crippen LogP contribution in [0.1, 0.15) is 41.3 Å². The number of carbonyl (C=O) groups is 1. The first-order valence-corrected chi connectivity index (χ1v) is 7.96. The van der Waals surface area contributed by atoms with Gasteiger partial charge in [-0.25, -0.2) is 0 Å². The van der Waals surface area contributed by atoms with Crippen LogP contribution in [0, 0.1) is 3.57 Å². The van der Waals surface area contributed by atoms with Crippen molar-refractivity contribution in [1.29, 1.82) is 0 Å². The van der Waals surface area contributed by atoms with Crippen LogP contribution < -0.4 is 0 Å². The van der Waals surface area contributed by atoms with Crippen LogP contribution in [-0.4, -0.2) is 5.78 Å². The smallest absolute Gasteiger partial charge is 0.194 e. The van der Waals surface area contributed by atoms with E-state index in [0.717, 1.165) is 19.2 Å². The zero-order valence-corrected chi connectivity index (χ0v) is 14.5. The van der Waals surface area contributed by atoms with Gasteiger partial charge < -0.3 is 0 Å². The van der Waals surface area contributed by atoms with Crippen molar-refractivity contribution in [1.82, 2.24) is 0 Å². The molecule has 0 N–H and O–H groups in total. The molecule has 0 saturated carbocycles. The summed E-state index contributed by atoms with van der Waals surface area (Å²) in [4.78, 5) is 12.5. The third-order valence-electron chi connectivity index (χ3n) is 3.01. The number of rotatable bonds is 3. The van der Waals surface area contributed by atoms with Gasteiger partial charge in [0, 0.05) is 19.2 Å². The van der Waals surface area contributed by atoms with Gasteiger partial charge in [0.1, 0.15) is 0 Å². The molecule has 0 aliphatic heterocycles. The minimum Gasteiger partial charge on any atom is -0.289 e. The molecule has 0 amide bonds. The predicted octanol–water partition coefficient (Wildman–Crippen LogP) is 5.41. The summed E-state index contributed by atoms with van der Waals surface area (Å²) in [6.45, 7) is 4.29. The monoisotopic (exact) mass is 428 g/mol. The van der Waals surface area contributed by atoms with E-state index in [-0.39, 0.29) is 5.78 Å². The first-order chi connectivity index (χ1) is 8.99. The molecule has 2 rings (SSSR count). The Balaban J connectivity index is 2.36. The summed E-state index contributed by atoms with van der Waals surface area (Å²) < 4.78 is 1.90. The van der Waals surface area contributed by atoms with Crippen LogP contribution >= 0.6 is 38.5 Å². The number of carbonyl (C=O) groups excluding carboxylic acids is 1. The van der Waals surface area contributed by atoms with Crippen LogP contribution in [0.3, 0.4) is 0 Å². The van der Waals surface area contributed by atoms with E-state index in [1.54, 1.807) is 0 Å². The zero-order chi connectivity index (χ0) is 14.0. The molecule has 1 nitrogen and oxygen atoms in total. The Bertz CT molecular complexity index is 603. The number of hydrogen-bond donors (Lipinski definition) is 0. The van der Waals surface area contributed by atoms with Crippen LogP contribution in [0.15, 0.2) is 46.9 Å². The molecule has 0 radical (unpaired) electrons. The summed E-state index contributed by atoms with van der Waals surface area (Å²) in [7, 11) is 0. The van der Waals surface area contributed by atoms with Crippen molar-refractivity contribution in [3.63, 3.8) is 0 Å². The minimum atomic E-state index is 0.0704.